The van der Waals surface area contributed by atoms with E-state index in [-0.39, 0.29) is 0 Å². The molecule has 0 saturated heterocycles. The van der Waals surface area contributed by atoms with Gasteiger partial charge in [-0.3, -0.25) is 4.98 Å². The molecule has 2 N–H and O–H groups in total. The summed E-state index contributed by atoms with van der Waals surface area (Å²) in [6.07, 6.45) is 5.63. The molecule has 1 aromatic heterocycles. The molecule has 2 aromatic rings. The molecule has 1 fully saturated rings. The second-order valence-electron chi connectivity index (χ2n) is 8.24. The number of aromatic nitrogens is 1. The highest BCUT2D eigenvalue weighted by atomic mass is 16.5. The SMILES string of the molecule is Cc1cc(OC(C)C(=O)O)c(C)c(C)c1Cc1ccc(O)c(C2CCCCC2)n1. The molecule has 0 bridgehead atoms. The monoisotopic (exact) mass is 397 g/mol. The van der Waals surface area contributed by atoms with Crippen LogP contribution in [-0.2, 0) is 11.2 Å². The largest absolute Gasteiger partial charge is 0.506 e. The number of carboxylic acids is 1. The summed E-state index contributed by atoms with van der Waals surface area (Å²) in [6, 6.07) is 5.59. The molecule has 29 heavy (non-hydrogen) atoms. The van der Waals surface area contributed by atoms with E-state index in [4.69, 9.17) is 14.8 Å². The molecule has 5 heteroatoms. The Balaban J connectivity index is 1.88. The summed E-state index contributed by atoms with van der Waals surface area (Å²) < 4.78 is 5.64. The summed E-state index contributed by atoms with van der Waals surface area (Å²) in [6.45, 7) is 7.55. The summed E-state index contributed by atoms with van der Waals surface area (Å²) in [5.74, 6) is 0.283. The smallest absolute Gasteiger partial charge is 0.344 e. The fourth-order valence-corrected chi connectivity index (χ4v) is 4.20. The van der Waals surface area contributed by atoms with Crippen LogP contribution in [0.1, 0.15) is 78.6 Å². The fraction of sp³-hybridized carbons (Fsp3) is 0.500. The van der Waals surface area contributed by atoms with Crippen LogP contribution in [0.2, 0.25) is 0 Å². The van der Waals surface area contributed by atoms with Gasteiger partial charge in [0.1, 0.15) is 11.5 Å². The van der Waals surface area contributed by atoms with E-state index in [1.807, 2.05) is 32.9 Å². The van der Waals surface area contributed by atoms with Crippen molar-refractivity contribution in [3.8, 4) is 11.5 Å². The molecule has 1 aliphatic rings. The van der Waals surface area contributed by atoms with Gasteiger partial charge in [-0.1, -0.05) is 19.3 Å². The van der Waals surface area contributed by atoms with Gasteiger partial charge in [0, 0.05) is 18.0 Å². The topological polar surface area (TPSA) is 79.7 Å². The van der Waals surface area contributed by atoms with Crippen molar-refractivity contribution in [2.75, 3.05) is 0 Å². The number of carbonyl (C=O) groups is 1. The number of carboxylic acid groups (broad SMARTS) is 1. The third-order valence-corrected chi connectivity index (χ3v) is 6.17. The van der Waals surface area contributed by atoms with Gasteiger partial charge in [0.25, 0.3) is 0 Å². The van der Waals surface area contributed by atoms with Crippen LogP contribution in [0.4, 0.5) is 0 Å². The molecule has 0 spiro atoms. The lowest BCUT2D eigenvalue weighted by Crippen LogP contribution is -2.23. The second kappa shape index (κ2) is 8.85. The van der Waals surface area contributed by atoms with Crippen molar-refractivity contribution in [2.45, 2.75) is 78.2 Å². The Morgan fingerprint density at radius 2 is 1.86 bits per heavy atom. The van der Waals surface area contributed by atoms with Gasteiger partial charge in [0.2, 0.25) is 0 Å². The number of aryl methyl sites for hydroxylation is 1. The first kappa shape index (κ1) is 21.2. The van der Waals surface area contributed by atoms with E-state index >= 15 is 0 Å². The van der Waals surface area contributed by atoms with E-state index in [0.717, 1.165) is 40.9 Å². The van der Waals surface area contributed by atoms with Gasteiger partial charge in [0.05, 0.1) is 5.69 Å². The first-order valence-corrected chi connectivity index (χ1v) is 10.5. The van der Waals surface area contributed by atoms with Crippen LogP contribution in [0.5, 0.6) is 11.5 Å². The molecule has 3 rings (SSSR count). The molecule has 0 radical (unpaired) electrons. The zero-order chi connectivity index (χ0) is 21.1. The van der Waals surface area contributed by atoms with E-state index in [1.54, 1.807) is 6.07 Å². The Morgan fingerprint density at radius 1 is 1.17 bits per heavy atom. The minimum Gasteiger partial charge on any atom is -0.506 e. The van der Waals surface area contributed by atoms with Crippen molar-refractivity contribution in [1.29, 1.82) is 0 Å². The lowest BCUT2D eigenvalue weighted by molar-refractivity contribution is -0.144. The molecule has 1 saturated carbocycles. The minimum atomic E-state index is -0.979. The molecule has 1 atom stereocenters. The number of hydrogen-bond donors (Lipinski definition) is 2. The molecule has 0 aliphatic heterocycles. The fourth-order valence-electron chi connectivity index (χ4n) is 4.20. The molecule has 5 nitrogen and oxygen atoms in total. The van der Waals surface area contributed by atoms with Gasteiger partial charge in [0.15, 0.2) is 6.10 Å². The molecular weight excluding hydrogens is 366 g/mol. The summed E-state index contributed by atoms with van der Waals surface area (Å²) in [5, 5.41) is 19.5. The Morgan fingerprint density at radius 3 is 2.52 bits per heavy atom. The number of pyridine rings is 1. The van der Waals surface area contributed by atoms with Crippen molar-refractivity contribution in [3.63, 3.8) is 0 Å². The maximum absolute atomic E-state index is 11.1. The van der Waals surface area contributed by atoms with Crippen molar-refractivity contribution < 1.29 is 19.7 Å². The predicted molar refractivity (Wildman–Crippen MR) is 113 cm³/mol. The molecule has 156 valence electrons. The summed E-state index contributed by atoms with van der Waals surface area (Å²) >= 11 is 0. The number of aliphatic carboxylic acids is 1. The van der Waals surface area contributed by atoms with Gasteiger partial charge < -0.3 is 14.9 Å². The van der Waals surface area contributed by atoms with Gasteiger partial charge in [-0.05, 0) is 81.0 Å². The maximum Gasteiger partial charge on any atom is 0.344 e. The van der Waals surface area contributed by atoms with Crippen molar-refractivity contribution in [1.82, 2.24) is 4.98 Å². The van der Waals surface area contributed by atoms with Gasteiger partial charge in [-0.25, -0.2) is 4.79 Å². The Bertz CT molecular complexity index is 900. The quantitative estimate of drug-likeness (QED) is 0.700. The van der Waals surface area contributed by atoms with Crippen LogP contribution in [-0.4, -0.2) is 27.3 Å². The number of benzene rings is 1. The zero-order valence-corrected chi connectivity index (χ0v) is 17.8. The highest BCUT2D eigenvalue weighted by Gasteiger charge is 2.21. The van der Waals surface area contributed by atoms with Crippen LogP contribution < -0.4 is 4.74 Å². The standard InChI is InChI=1S/C24H31NO4/c1-14-12-22(29-17(4)24(27)28)16(3)15(2)20(14)13-19-10-11-21(26)23(25-19)18-8-6-5-7-9-18/h10-12,17-18,26H,5-9,13H2,1-4H3,(H,27,28). The number of hydrogen-bond acceptors (Lipinski definition) is 4. The van der Waals surface area contributed by atoms with Crippen LogP contribution >= 0.6 is 0 Å². The Kier molecular flexibility index (Phi) is 6.46. The highest BCUT2D eigenvalue weighted by molar-refractivity contribution is 5.72. The van der Waals surface area contributed by atoms with Gasteiger partial charge in [-0.15, -0.1) is 0 Å². The molecule has 1 unspecified atom stereocenters. The maximum atomic E-state index is 11.1. The second-order valence-corrected chi connectivity index (χ2v) is 8.24. The minimum absolute atomic E-state index is 0.302. The van der Waals surface area contributed by atoms with Crippen LogP contribution in [0.3, 0.4) is 0 Å². The normalized spacial score (nSPS) is 15.9. The van der Waals surface area contributed by atoms with E-state index in [2.05, 4.69) is 0 Å². The van der Waals surface area contributed by atoms with Crippen molar-refractivity contribution in [2.24, 2.45) is 0 Å². The average molecular weight is 398 g/mol. The van der Waals surface area contributed by atoms with E-state index in [0.29, 0.717) is 23.8 Å². The lowest BCUT2D eigenvalue weighted by atomic mass is 9.86. The number of aromatic hydroxyl groups is 1. The first-order chi connectivity index (χ1) is 13.8. The lowest BCUT2D eigenvalue weighted by Gasteiger charge is -2.23. The molecular formula is C24H31NO4. The van der Waals surface area contributed by atoms with Crippen LogP contribution in [0.25, 0.3) is 0 Å². The van der Waals surface area contributed by atoms with Gasteiger partial charge in [-0.2, -0.15) is 0 Å². The predicted octanol–water partition coefficient (Wildman–Crippen LogP) is 5.20. The Labute approximate surface area is 172 Å². The zero-order valence-electron chi connectivity index (χ0n) is 17.8. The third kappa shape index (κ3) is 4.72. The average Bonchev–Trinajstić information content (AvgIpc) is 2.71. The number of ether oxygens (including phenoxy) is 1. The number of nitrogens with zero attached hydrogens (tertiary/aromatic N) is 1. The van der Waals surface area contributed by atoms with E-state index in [9.17, 15) is 9.90 Å². The summed E-state index contributed by atoms with van der Waals surface area (Å²) in [5.41, 5.74) is 6.04. The molecule has 1 heterocycles. The first-order valence-electron chi connectivity index (χ1n) is 10.5. The van der Waals surface area contributed by atoms with Crippen molar-refractivity contribution in [3.05, 3.63) is 51.8 Å². The third-order valence-electron chi connectivity index (χ3n) is 6.17. The van der Waals surface area contributed by atoms with Crippen molar-refractivity contribution >= 4 is 5.97 Å². The van der Waals surface area contributed by atoms with E-state index in [1.165, 1.54) is 31.7 Å². The highest BCUT2D eigenvalue weighted by Crippen LogP contribution is 2.36. The van der Waals surface area contributed by atoms with E-state index < -0.39 is 12.1 Å². The number of rotatable bonds is 6. The van der Waals surface area contributed by atoms with Crippen LogP contribution in [0, 0.1) is 20.8 Å². The summed E-state index contributed by atoms with van der Waals surface area (Å²) in [4.78, 5) is 16.0. The Hall–Kier alpha value is -2.56. The summed E-state index contributed by atoms with van der Waals surface area (Å²) in [7, 11) is 0. The van der Waals surface area contributed by atoms with Crippen LogP contribution in [0.15, 0.2) is 18.2 Å². The molecule has 1 aliphatic carbocycles. The molecule has 1 aromatic carbocycles. The van der Waals surface area contributed by atoms with Gasteiger partial charge >= 0.3 is 5.97 Å². The molecule has 0 amide bonds.